The van der Waals surface area contributed by atoms with Gasteiger partial charge in [0.05, 0.1) is 18.8 Å². The van der Waals surface area contributed by atoms with E-state index in [1.807, 2.05) is 39.9 Å². The average Bonchev–Trinajstić information content (AvgIpc) is 3.41. The number of hydrogen-bond donors (Lipinski definition) is 0. The fraction of sp³-hybridized carbons (Fsp3) is 0.478. The Bertz CT molecular complexity index is 1020. The van der Waals surface area contributed by atoms with Gasteiger partial charge in [-0.2, -0.15) is 5.10 Å². The highest BCUT2D eigenvalue weighted by atomic mass is 16.5. The average molecular weight is 439 g/mol. The summed E-state index contributed by atoms with van der Waals surface area (Å²) in [7, 11) is 3.33. The number of imide groups is 1. The summed E-state index contributed by atoms with van der Waals surface area (Å²) in [5, 5.41) is 4.73. The van der Waals surface area contributed by atoms with Crippen LogP contribution < -0.4 is 0 Å². The number of nitrogens with zero attached hydrogens (tertiary/aromatic N) is 6. The summed E-state index contributed by atoms with van der Waals surface area (Å²) in [6, 6.07) is 10.6. The van der Waals surface area contributed by atoms with Crippen molar-refractivity contribution < 1.29 is 14.3 Å². The molecule has 2 unspecified atom stereocenters. The smallest absolute Gasteiger partial charge is 0.328 e. The Hall–Kier alpha value is -3.20. The second-order valence-electron chi connectivity index (χ2n) is 8.02. The van der Waals surface area contributed by atoms with Crippen LogP contribution in [0.3, 0.4) is 0 Å². The number of aliphatic imine (C=N–C) groups is 1. The molecule has 32 heavy (non-hydrogen) atoms. The van der Waals surface area contributed by atoms with Crippen molar-refractivity contribution in [3.63, 3.8) is 0 Å². The molecule has 0 radical (unpaired) electrons. The van der Waals surface area contributed by atoms with Crippen LogP contribution in [0.15, 0.2) is 41.4 Å². The normalized spacial score (nSPS) is 20.8. The van der Waals surface area contributed by atoms with Gasteiger partial charge in [0.15, 0.2) is 12.2 Å². The molecule has 1 fully saturated rings. The number of likely N-dealkylation sites (N-methyl/N-ethyl adjacent to an activating group) is 1. The largest absolute Gasteiger partial charge is 0.383 e. The maximum absolute atomic E-state index is 13.6. The van der Waals surface area contributed by atoms with Gasteiger partial charge in [-0.15, -0.1) is 0 Å². The standard InChI is InChI=1S/C23H30N6O3/c1-5-17-14-18(6-2)29(25-17)22-24-20-19(27(22)12-13-32-4)21(30)28(23(31)26(20)3)15-16-10-8-7-9-11-16/h7-11,14,19-20H,5-6,12-13,15H2,1-4H3. The van der Waals surface area contributed by atoms with Crippen molar-refractivity contribution >= 4 is 17.9 Å². The van der Waals surface area contributed by atoms with E-state index in [1.54, 1.807) is 19.1 Å². The van der Waals surface area contributed by atoms with Crippen LogP contribution in [-0.4, -0.2) is 81.9 Å². The lowest BCUT2D eigenvalue weighted by atomic mass is 10.1. The molecule has 0 saturated carbocycles. The summed E-state index contributed by atoms with van der Waals surface area (Å²) in [5.41, 5.74) is 2.88. The third kappa shape index (κ3) is 3.77. The molecule has 1 aromatic carbocycles. The van der Waals surface area contributed by atoms with Crippen molar-refractivity contribution in [2.75, 3.05) is 27.3 Å². The van der Waals surface area contributed by atoms with Crippen LogP contribution >= 0.6 is 0 Å². The topological polar surface area (TPSA) is 83.3 Å². The van der Waals surface area contributed by atoms with E-state index in [0.29, 0.717) is 19.1 Å². The van der Waals surface area contributed by atoms with Gasteiger partial charge in [-0.05, 0) is 24.5 Å². The Morgan fingerprint density at radius 2 is 1.84 bits per heavy atom. The molecule has 1 aromatic heterocycles. The Balaban J connectivity index is 1.72. The highest BCUT2D eigenvalue weighted by molar-refractivity contribution is 6.04. The predicted octanol–water partition coefficient (Wildman–Crippen LogP) is 1.96. The number of benzene rings is 1. The first-order valence-electron chi connectivity index (χ1n) is 11.0. The lowest BCUT2D eigenvalue weighted by molar-refractivity contribution is -0.138. The number of ether oxygens (including phenoxy) is 1. The first-order chi connectivity index (χ1) is 15.5. The van der Waals surface area contributed by atoms with Crippen LogP contribution in [0.2, 0.25) is 0 Å². The fourth-order valence-electron chi connectivity index (χ4n) is 4.25. The summed E-state index contributed by atoms with van der Waals surface area (Å²) in [4.78, 5) is 36.4. The van der Waals surface area contributed by atoms with Crippen LogP contribution in [0.25, 0.3) is 0 Å². The van der Waals surface area contributed by atoms with E-state index in [-0.39, 0.29) is 18.5 Å². The monoisotopic (exact) mass is 438 g/mol. The molecule has 9 heteroatoms. The van der Waals surface area contributed by atoms with Crippen molar-refractivity contribution in [1.82, 2.24) is 24.5 Å². The number of carbonyl (C=O) groups is 2. The molecule has 2 aliphatic rings. The Labute approximate surface area is 188 Å². The Morgan fingerprint density at radius 3 is 2.50 bits per heavy atom. The number of aryl methyl sites for hydroxylation is 2. The lowest BCUT2D eigenvalue weighted by Gasteiger charge is -2.41. The van der Waals surface area contributed by atoms with Crippen LogP contribution in [0.1, 0.15) is 30.8 Å². The molecule has 0 N–H and O–H groups in total. The van der Waals surface area contributed by atoms with Gasteiger partial charge in [-0.25, -0.2) is 14.5 Å². The Morgan fingerprint density at radius 1 is 1.09 bits per heavy atom. The van der Waals surface area contributed by atoms with Gasteiger partial charge in [0.2, 0.25) is 5.96 Å². The minimum absolute atomic E-state index is 0.224. The van der Waals surface area contributed by atoms with Crippen LogP contribution in [0.5, 0.6) is 0 Å². The number of methoxy groups -OCH3 is 1. The number of amides is 3. The molecule has 0 aliphatic carbocycles. The molecule has 9 nitrogen and oxygen atoms in total. The van der Waals surface area contributed by atoms with Crippen molar-refractivity contribution in [2.45, 2.75) is 45.4 Å². The highest BCUT2D eigenvalue weighted by Crippen LogP contribution is 2.29. The van der Waals surface area contributed by atoms with Gasteiger partial charge in [-0.3, -0.25) is 9.69 Å². The Kier molecular flexibility index (Phi) is 6.27. The second-order valence-corrected chi connectivity index (χ2v) is 8.02. The SMILES string of the molecule is CCc1cc(CC)n(C2=NC3C(C(=O)N(Cc4ccccc4)C(=O)N3C)N2CCOC)n1. The summed E-state index contributed by atoms with van der Waals surface area (Å²) in [6.45, 7) is 5.24. The van der Waals surface area contributed by atoms with Crippen molar-refractivity contribution in [2.24, 2.45) is 4.99 Å². The number of hydrogen-bond acceptors (Lipinski definition) is 6. The molecular formula is C23H30N6O3. The number of carbonyl (C=O) groups excluding carboxylic acids is 2. The minimum atomic E-state index is -0.620. The van der Waals surface area contributed by atoms with E-state index in [2.05, 4.69) is 19.9 Å². The highest BCUT2D eigenvalue weighted by Gasteiger charge is 2.52. The molecule has 3 heterocycles. The second kappa shape index (κ2) is 9.12. The summed E-state index contributed by atoms with van der Waals surface area (Å²) >= 11 is 0. The van der Waals surface area contributed by atoms with Gasteiger partial charge < -0.3 is 14.5 Å². The first kappa shape index (κ1) is 22.0. The fourth-order valence-corrected chi connectivity index (χ4v) is 4.25. The van der Waals surface area contributed by atoms with Crippen LogP contribution in [0.4, 0.5) is 4.79 Å². The number of rotatable bonds is 7. The summed E-state index contributed by atoms with van der Waals surface area (Å²) < 4.78 is 7.14. The summed E-state index contributed by atoms with van der Waals surface area (Å²) in [5.74, 6) is 0.334. The minimum Gasteiger partial charge on any atom is -0.383 e. The van der Waals surface area contributed by atoms with Gasteiger partial charge in [0.25, 0.3) is 5.91 Å². The summed E-state index contributed by atoms with van der Waals surface area (Å²) in [6.07, 6.45) is 0.982. The molecule has 2 aliphatic heterocycles. The van der Waals surface area contributed by atoms with E-state index in [4.69, 9.17) is 14.8 Å². The molecule has 4 rings (SSSR count). The van der Waals surface area contributed by atoms with E-state index >= 15 is 0 Å². The lowest BCUT2D eigenvalue weighted by Crippen LogP contribution is -2.65. The van der Waals surface area contributed by atoms with Crippen LogP contribution in [0, 0.1) is 0 Å². The van der Waals surface area contributed by atoms with Crippen molar-refractivity contribution in [1.29, 1.82) is 0 Å². The number of urea groups is 1. The predicted molar refractivity (Wildman–Crippen MR) is 120 cm³/mol. The molecule has 0 bridgehead atoms. The third-order valence-electron chi connectivity index (χ3n) is 6.04. The van der Waals surface area contributed by atoms with Gasteiger partial charge >= 0.3 is 6.03 Å². The van der Waals surface area contributed by atoms with E-state index in [1.165, 1.54) is 4.90 Å². The maximum atomic E-state index is 13.6. The molecule has 0 spiro atoms. The molecule has 2 aromatic rings. The van der Waals surface area contributed by atoms with E-state index in [9.17, 15) is 9.59 Å². The molecule has 170 valence electrons. The molecule has 3 amide bonds. The van der Waals surface area contributed by atoms with E-state index < -0.39 is 12.2 Å². The third-order valence-corrected chi connectivity index (χ3v) is 6.04. The van der Waals surface area contributed by atoms with Gasteiger partial charge in [0.1, 0.15) is 0 Å². The zero-order valence-corrected chi connectivity index (χ0v) is 19.1. The zero-order chi connectivity index (χ0) is 22.8. The van der Waals surface area contributed by atoms with Crippen molar-refractivity contribution in [3.05, 3.63) is 53.3 Å². The molecule has 1 saturated heterocycles. The zero-order valence-electron chi connectivity index (χ0n) is 19.1. The maximum Gasteiger partial charge on any atom is 0.328 e. The van der Waals surface area contributed by atoms with E-state index in [0.717, 1.165) is 29.8 Å². The first-order valence-corrected chi connectivity index (χ1v) is 11.0. The quantitative estimate of drug-likeness (QED) is 0.660. The number of fused-ring (bicyclic) bond motifs is 1. The number of aromatic nitrogens is 2. The van der Waals surface area contributed by atoms with Crippen molar-refractivity contribution in [3.8, 4) is 0 Å². The van der Waals surface area contributed by atoms with Gasteiger partial charge in [0, 0.05) is 26.4 Å². The van der Waals surface area contributed by atoms with Crippen LogP contribution in [-0.2, 0) is 28.9 Å². The van der Waals surface area contributed by atoms with Gasteiger partial charge in [-0.1, -0.05) is 44.2 Å². The molecule has 2 atom stereocenters. The molecular weight excluding hydrogens is 408 g/mol.